The Morgan fingerprint density at radius 1 is 0.857 bits per heavy atom. The lowest BCUT2D eigenvalue weighted by atomic mass is 10.0. The number of alkyl halides is 6. The lowest BCUT2D eigenvalue weighted by Crippen LogP contribution is -2.35. The molecule has 0 aliphatic carbocycles. The molecule has 0 spiro atoms. The predicted octanol–water partition coefficient (Wildman–Crippen LogP) is 4.24. The van der Waals surface area contributed by atoms with Crippen molar-refractivity contribution < 1.29 is 31.1 Å². The monoisotopic (exact) mass is 311 g/mol. The molecule has 0 atom stereocenters. The number of rotatable bonds is 1. The van der Waals surface area contributed by atoms with Gasteiger partial charge in [0.2, 0.25) is 5.91 Å². The van der Waals surface area contributed by atoms with Gasteiger partial charge in [-0.15, -0.1) is 0 Å². The molecule has 0 bridgehead atoms. The lowest BCUT2D eigenvalue weighted by molar-refractivity contribution is -0.143. The van der Waals surface area contributed by atoms with E-state index in [1.165, 1.54) is 0 Å². The van der Waals surface area contributed by atoms with Crippen molar-refractivity contribution in [3.63, 3.8) is 0 Å². The molecule has 0 saturated carbocycles. The fourth-order valence-electron chi connectivity index (χ4n) is 2.17. The number of halogens is 6. The number of anilines is 1. The van der Waals surface area contributed by atoms with Crippen molar-refractivity contribution in [1.29, 1.82) is 0 Å². The summed E-state index contributed by atoms with van der Waals surface area (Å²) < 4.78 is 76.4. The Balaban J connectivity index is 2.52. The van der Waals surface area contributed by atoms with Crippen LogP contribution in [-0.4, -0.2) is 12.5 Å². The Morgan fingerprint density at radius 2 is 1.38 bits per heavy atom. The van der Waals surface area contributed by atoms with Gasteiger partial charge in [-0.3, -0.25) is 4.79 Å². The maximum atomic E-state index is 12.7. The van der Waals surface area contributed by atoms with Crippen LogP contribution < -0.4 is 4.90 Å². The van der Waals surface area contributed by atoms with Crippen LogP contribution in [0.3, 0.4) is 0 Å². The largest absolute Gasteiger partial charge is 0.416 e. The van der Waals surface area contributed by atoms with E-state index in [0.29, 0.717) is 25.0 Å². The van der Waals surface area contributed by atoms with E-state index in [2.05, 4.69) is 0 Å². The third kappa shape index (κ3) is 3.48. The second kappa shape index (κ2) is 5.23. The first-order valence-electron chi connectivity index (χ1n) is 6.19. The van der Waals surface area contributed by atoms with Crippen LogP contribution in [0.5, 0.6) is 0 Å². The number of nitrogens with zero attached hydrogens (tertiary/aromatic N) is 1. The summed E-state index contributed by atoms with van der Waals surface area (Å²) >= 11 is 0. The van der Waals surface area contributed by atoms with Crippen molar-refractivity contribution in [3.8, 4) is 0 Å². The highest BCUT2D eigenvalue weighted by Crippen LogP contribution is 2.38. The number of hydrogen-bond donors (Lipinski definition) is 0. The first-order valence-corrected chi connectivity index (χ1v) is 6.19. The molecule has 1 aromatic rings. The van der Waals surface area contributed by atoms with Crippen molar-refractivity contribution in [2.75, 3.05) is 11.4 Å². The molecule has 2 nitrogen and oxygen atoms in total. The van der Waals surface area contributed by atoms with Gasteiger partial charge in [0.15, 0.2) is 0 Å². The molecule has 1 fully saturated rings. The molecule has 0 radical (unpaired) electrons. The zero-order chi connectivity index (χ0) is 15.8. The molecule has 1 aliphatic rings. The first kappa shape index (κ1) is 15.7. The van der Waals surface area contributed by atoms with Crippen LogP contribution >= 0.6 is 0 Å². The van der Waals surface area contributed by atoms with Gasteiger partial charge in [-0.1, -0.05) is 0 Å². The van der Waals surface area contributed by atoms with Crippen molar-refractivity contribution in [3.05, 3.63) is 29.3 Å². The summed E-state index contributed by atoms with van der Waals surface area (Å²) in [6.45, 7) is 0.122. The molecule has 0 unspecified atom stereocenters. The SMILES string of the molecule is O=C1CCCCN1c1cc(C(F)(F)F)cc(C(F)(F)F)c1. The smallest absolute Gasteiger partial charge is 0.312 e. The van der Waals surface area contributed by atoms with Gasteiger partial charge in [0.1, 0.15) is 0 Å². The van der Waals surface area contributed by atoms with Crippen LogP contribution in [0, 0.1) is 0 Å². The number of carbonyl (C=O) groups is 1. The van der Waals surface area contributed by atoms with Crippen molar-refractivity contribution in [2.45, 2.75) is 31.6 Å². The Bertz CT molecular complexity index is 516. The molecule has 21 heavy (non-hydrogen) atoms. The minimum Gasteiger partial charge on any atom is -0.312 e. The van der Waals surface area contributed by atoms with E-state index in [-0.39, 0.29) is 24.7 Å². The van der Waals surface area contributed by atoms with E-state index in [1.807, 2.05) is 0 Å². The third-order valence-corrected chi connectivity index (χ3v) is 3.21. The van der Waals surface area contributed by atoms with E-state index >= 15 is 0 Å². The van der Waals surface area contributed by atoms with Gasteiger partial charge in [0.05, 0.1) is 11.1 Å². The fourth-order valence-corrected chi connectivity index (χ4v) is 2.17. The Morgan fingerprint density at radius 3 is 1.81 bits per heavy atom. The minimum atomic E-state index is -4.91. The quantitative estimate of drug-likeness (QED) is 0.710. The van der Waals surface area contributed by atoms with Crippen LogP contribution in [0.2, 0.25) is 0 Å². The zero-order valence-electron chi connectivity index (χ0n) is 10.7. The molecule has 1 aromatic carbocycles. The average Bonchev–Trinajstić information content (AvgIpc) is 2.36. The van der Waals surface area contributed by atoms with E-state index in [1.54, 1.807) is 0 Å². The summed E-state index contributed by atoms with van der Waals surface area (Å²) in [5.74, 6) is -0.464. The Kier molecular flexibility index (Phi) is 3.90. The molecule has 1 saturated heterocycles. The highest BCUT2D eigenvalue weighted by Gasteiger charge is 2.38. The van der Waals surface area contributed by atoms with Gasteiger partial charge >= 0.3 is 12.4 Å². The molecule has 0 N–H and O–H groups in total. The van der Waals surface area contributed by atoms with E-state index in [9.17, 15) is 31.1 Å². The average molecular weight is 311 g/mol. The molecule has 2 rings (SSSR count). The van der Waals surface area contributed by atoms with E-state index < -0.39 is 29.4 Å². The Hall–Kier alpha value is -1.73. The lowest BCUT2D eigenvalue weighted by Gasteiger charge is -2.28. The van der Waals surface area contributed by atoms with Gasteiger partial charge in [-0.05, 0) is 31.0 Å². The molecule has 8 heteroatoms. The highest BCUT2D eigenvalue weighted by molar-refractivity contribution is 5.94. The molecular weight excluding hydrogens is 300 g/mol. The van der Waals surface area contributed by atoms with Crippen molar-refractivity contribution in [1.82, 2.24) is 0 Å². The predicted molar refractivity (Wildman–Crippen MR) is 62.7 cm³/mol. The van der Waals surface area contributed by atoms with Crippen LogP contribution in [0.1, 0.15) is 30.4 Å². The van der Waals surface area contributed by atoms with Gasteiger partial charge in [-0.25, -0.2) is 0 Å². The van der Waals surface area contributed by atoms with E-state index in [4.69, 9.17) is 0 Å². The summed E-state index contributed by atoms with van der Waals surface area (Å²) in [6.07, 6.45) is -8.56. The second-order valence-electron chi connectivity index (χ2n) is 4.77. The number of piperidine rings is 1. The molecule has 0 aromatic heterocycles. The van der Waals surface area contributed by atoms with Crippen molar-refractivity contribution in [2.24, 2.45) is 0 Å². The van der Waals surface area contributed by atoms with Gasteiger partial charge in [-0.2, -0.15) is 26.3 Å². The molecule has 1 aliphatic heterocycles. The number of carbonyl (C=O) groups excluding carboxylic acids is 1. The maximum Gasteiger partial charge on any atom is 0.416 e. The second-order valence-corrected chi connectivity index (χ2v) is 4.77. The maximum absolute atomic E-state index is 12.7. The first-order chi connectivity index (χ1) is 9.59. The number of hydrogen-bond acceptors (Lipinski definition) is 1. The van der Waals surface area contributed by atoms with E-state index in [0.717, 1.165) is 4.90 Å². The van der Waals surface area contributed by atoms with Crippen molar-refractivity contribution >= 4 is 11.6 Å². The highest BCUT2D eigenvalue weighted by atomic mass is 19.4. The van der Waals surface area contributed by atoms with Crippen LogP contribution in [0.4, 0.5) is 32.0 Å². The van der Waals surface area contributed by atoms with Crippen LogP contribution in [0.25, 0.3) is 0 Å². The topological polar surface area (TPSA) is 20.3 Å². The zero-order valence-corrected chi connectivity index (χ0v) is 10.7. The van der Waals surface area contributed by atoms with Gasteiger partial charge in [0.25, 0.3) is 0 Å². The molecule has 1 amide bonds. The molecular formula is C13H11F6NO. The summed E-state index contributed by atoms with van der Waals surface area (Å²) in [7, 11) is 0. The van der Waals surface area contributed by atoms with Crippen LogP contribution in [-0.2, 0) is 17.1 Å². The fraction of sp³-hybridized carbons (Fsp3) is 0.462. The summed E-state index contributed by atoms with van der Waals surface area (Å²) in [5, 5.41) is 0. The van der Waals surface area contributed by atoms with Gasteiger partial charge in [0, 0.05) is 18.7 Å². The summed E-state index contributed by atoms with van der Waals surface area (Å²) in [5.41, 5.74) is -3.18. The number of benzene rings is 1. The Labute approximate surface area is 116 Å². The van der Waals surface area contributed by atoms with Crippen LogP contribution in [0.15, 0.2) is 18.2 Å². The number of amides is 1. The summed E-state index contributed by atoms with van der Waals surface area (Å²) in [4.78, 5) is 12.7. The molecule has 1 heterocycles. The summed E-state index contributed by atoms with van der Waals surface area (Å²) in [6, 6.07) is 1.22. The molecule has 116 valence electrons. The van der Waals surface area contributed by atoms with Gasteiger partial charge < -0.3 is 4.90 Å². The minimum absolute atomic E-state index is 0.0535. The third-order valence-electron chi connectivity index (χ3n) is 3.21. The standard InChI is InChI=1S/C13H11F6NO/c14-12(15,16)8-5-9(13(17,18)19)7-10(6-8)20-4-2-1-3-11(20)21/h5-7H,1-4H2. The normalized spacial score (nSPS) is 17.2.